The van der Waals surface area contributed by atoms with E-state index in [1.54, 1.807) is 0 Å². The summed E-state index contributed by atoms with van der Waals surface area (Å²) in [6.07, 6.45) is 3.69. The molecular formula is C19H32N2. The lowest BCUT2D eigenvalue weighted by molar-refractivity contribution is 0.149. The first-order valence-corrected chi connectivity index (χ1v) is 8.47. The average molecular weight is 288 g/mol. The van der Waals surface area contributed by atoms with Crippen LogP contribution in [0, 0.1) is 5.92 Å². The van der Waals surface area contributed by atoms with Gasteiger partial charge in [0.15, 0.2) is 0 Å². The molecule has 2 nitrogen and oxygen atoms in total. The summed E-state index contributed by atoms with van der Waals surface area (Å²) in [6, 6.07) is 9.54. The topological polar surface area (TPSA) is 29.3 Å². The molecule has 2 N–H and O–H groups in total. The van der Waals surface area contributed by atoms with E-state index in [-0.39, 0.29) is 5.41 Å². The maximum absolute atomic E-state index is 6.24. The molecule has 0 saturated carbocycles. The summed E-state index contributed by atoms with van der Waals surface area (Å²) in [5.74, 6) is 0.678. The smallest absolute Gasteiger partial charge is 0.0233 e. The molecule has 2 atom stereocenters. The zero-order valence-electron chi connectivity index (χ0n) is 14.2. The van der Waals surface area contributed by atoms with Gasteiger partial charge in [-0.1, -0.05) is 52.0 Å². The molecule has 118 valence electrons. The fourth-order valence-electron chi connectivity index (χ4n) is 3.29. The largest absolute Gasteiger partial charge is 0.327 e. The zero-order chi connectivity index (χ0) is 15.5. The highest BCUT2D eigenvalue weighted by molar-refractivity contribution is 5.27. The molecule has 0 radical (unpaired) electrons. The molecule has 1 aliphatic heterocycles. The predicted molar refractivity (Wildman–Crippen MR) is 91.4 cm³/mol. The number of hydrogen-bond donors (Lipinski definition) is 1. The Labute approximate surface area is 130 Å². The minimum absolute atomic E-state index is 0.239. The Morgan fingerprint density at radius 1 is 1.24 bits per heavy atom. The van der Waals surface area contributed by atoms with Crippen molar-refractivity contribution < 1.29 is 0 Å². The Bertz CT molecular complexity index is 430. The Morgan fingerprint density at radius 3 is 2.48 bits per heavy atom. The quantitative estimate of drug-likeness (QED) is 0.909. The monoisotopic (exact) mass is 288 g/mol. The van der Waals surface area contributed by atoms with Crippen molar-refractivity contribution in [2.24, 2.45) is 11.7 Å². The highest BCUT2D eigenvalue weighted by Crippen LogP contribution is 2.24. The van der Waals surface area contributed by atoms with Crippen LogP contribution in [0.25, 0.3) is 0 Å². The zero-order valence-corrected chi connectivity index (χ0v) is 14.2. The summed E-state index contributed by atoms with van der Waals surface area (Å²) in [5.41, 5.74) is 9.32. The van der Waals surface area contributed by atoms with Gasteiger partial charge in [-0.05, 0) is 48.3 Å². The third-order valence-corrected chi connectivity index (χ3v) is 4.85. The normalized spacial score (nSPS) is 22.2. The lowest BCUT2D eigenvalue weighted by Crippen LogP contribution is -2.42. The number of benzene rings is 1. The van der Waals surface area contributed by atoms with Crippen molar-refractivity contribution in [3.63, 3.8) is 0 Å². The van der Waals surface area contributed by atoms with Gasteiger partial charge in [0.25, 0.3) is 0 Å². The molecule has 1 fully saturated rings. The molecule has 0 amide bonds. The summed E-state index contributed by atoms with van der Waals surface area (Å²) >= 11 is 0. The number of nitrogens with two attached hydrogens (primary N) is 1. The summed E-state index contributed by atoms with van der Waals surface area (Å²) in [5, 5.41) is 0. The van der Waals surface area contributed by atoms with Gasteiger partial charge in [-0.2, -0.15) is 0 Å². The van der Waals surface area contributed by atoms with E-state index in [2.05, 4.69) is 56.9 Å². The lowest BCUT2D eigenvalue weighted by Gasteiger charge is -2.35. The number of nitrogens with zero attached hydrogens (tertiary/aromatic N) is 1. The van der Waals surface area contributed by atoms with Gasteiger partial charge in [0.1, 0.15) is 0 Å². The van der Waals surface area contributed by atoms with Crippen molar-refractivity contribution in [2.75, 3.05) is 13.1 Å². The van der Waals surface area contributed by atoms with Gasteiger partial charge >= 0.3 is 0 Å². The second kappa shape index (κ2) is 6.93. The van der Waals surface area contributed by atoms with E-state index in [1.807, 2.05) is 0 Å². The van der Waals surface area contributed by atoms with Crippen LogP contribution in [0.1, 0.15) is 58.1 Å². The number of rotatable bonds is 4. The van der Waals surface area contributed by atoms with Crippen LogP contribution in [0.3, 0.4) is 0 Å². The minimum Gasteiger partial charge on any atom is -0.327 e. The maximum atomic E-state index is 6.24. The molecule has 1 aliphatic rings. The maximum Gasteiger partial charge on any atom is 0.0233 e. The van der Waals surface area contributed by atoms with Crippen LogP contribution >= 0.6 is 0 Å². The van der Waals surface area contributed by atoms with E-state index in [9.17, 15) is 0 Å². The molecule has 0 spiro atoms. The second-order valence-corrected chi connectivity index (χ2v) is 7.66. The van der Waals surface area contributed by atoms with E-state index in [1.165, 1.54) is 30.5 Å². The molecule has 1 saturated heterocycles. The standard InChI is InChI=1S/C19H32N2/c1-5-18(20)16-7-6-12-21(14-16)13-15-8-10-17(11-9-15)19(2,3)4/h8-11,16,18H,5-7,12-14,20H2,1-4H3. The van der Waals surface area contributed by atoms with Gasteiger partial charge < -0.3 is 5.73 Å². The fraction of sp³-hybridized carbons (Fsp3) is 0.684. The molecule has 1 heterocycles. The summed E-state index contributed by atoms with van der Waals surface area (Å²) in [4.78, 5) is 2.58. The molecule has 2 unspecified atom stereocenters. The highest BCUT2D eigenvalue weighted by atomic mass is 15.1. The second-order valence-electron chi connectivity index (χ2n) is 7.66. The van der Waals surface area contributed by atoms with Crippen LogP contribution in [0.4, 0.5) is 0 Å². The molecule has 1 aromatic carbocycles. The van der Waals surface area contributed by atoms with Crippen LogP contribution in [-0.4, -0.2) is 24.0 Å². The fourth-order valence-corrected chi connectivity index (χ4v) is 3.29. The van der Waals surface area contributed by atoms with Crippen molar-refractivity contribution in [1.29, 1.82) is 0 Å². The van der Waals surface area contributed by atoms with Crippen LogP contribution in [0.5, 0.6) is 0 Å². The average Bonchev–Trinajstić information content (AvgIpc) is 2.46. The molecule has 1 aromatic rings. The third-order valence-electron chi connectivity index (χ3n) is 4.85. The van der Waals surface area contributed by atoms with E-state index in [0.29, 0.717) is 12.0 Å². The van der Waals surface area contributed by atoms with E-state index < -0.39 is 0 Å². The van der Waals surface area contributed by atoms with Crippen molar-refractivity contribution in [3.8, 4) is 0 Å². The first-order valence-electron chi connectivity index (χ1n) is 8.47. The predicted octanol–water partition coefficient (Wildman–Crippen LogP) is 3.93. The molecule has 0 aliphatic carbocycles. The van der Waals surface area contributed by atoms with Gasteiger partial charge in [0.2, 0.25) is 0 Å². The van der Waals surface area contributed by atoms with Crippen molar-refractivity contribution >= 4 is 0 Å². The Morgan fingerprint density at radius 2 is 1.90 bits per heavy atom. The molecular weight excluding hydrogens is 256 g/mol. The molecule has 2 rings (SSSR count). The Kier molecular flexibility index (Phi) is 5.45. The summed E-state index contributed by atoms with van der Waals surface area (Å²) < 4.78 is 0. The number of piperidine rings is 1. The van der Waals surface area contributed by atoms with Gasteiger partial charge in [-0.3, -0.25) is 4.90 Å². The lowest BCUT2D eigenvalue weighted by atomic mass is 9.86. The first-order chi connectivity index (χ1) is 9.90. The van der Waals surface area contributed by atoms with Crippen LogP contribution < -0.4 is 5.73 Å². The Balaban J connectivity index is 1.95. The first kappa shape index (κ1) is 16.5. The van der Waals surface area contributed by atoms with Crippen LogP contribution in [0.2, 0.25) is 0 Å². The number of likely N-dealkylation sites (tertiary alicyclic amines) is 1. The molecule has 0 bridgehead atoms. The van der Waals surface area contributed by atoms with Gasteiger partial charge in [0.05, 0.1) is 0 Å². The molecule has 2 heteroatoms. The van der Waals surface area contributed by atoms with Crippen LogP contribution in [-0.2, 0) is 12.0 Å². The SMILES string of the molecule is CCC(N)C1CCCN(Cc2ccc(C(C)(C)C)cc2)C1. The van der Waals surface area contributed by atoms with E-state index in [0.717, 1.165) is 19.5 Å². The van der Waals surface area contributed by atoms with E-state index >= 15 is 0 Å². The van der Waals surface area contributed by atoms with Crippen molar-refractivity contribution in [3.05, 3.63) is 35.4 Å². The highest BCUT2D eigenvalue weighted by Gasteiger charge is 2.24. The van der Waals surface area contributed by atoms with Crippen molar-refractivity contribution in [1.82, 2.24) is 4.90 Å². The van der Waals surface area contributed by atoms with E-state index in [4.69, 9.17) is 5.73 Å². The summed E-state index contributed by atoms with van der Waals surface area (Å²) in [6.45, 7) is 12.5. The van der Waals surface area contributed by atoms with Gasteiger partial charge in [-0.15, -0.1) is 0 Å². The van der Waals surface area contributed by atoms with Crippen LogP contribution in [0.15, 0.2) is 24.3 Å². The minimum atomic E-state index is 0.239. The Hall–Kier alpha value is -0.860. The molecule has 0 aromatic heterocycles. The third kappa shape index (κ3) is 4.55. The molecule has 21 heavy (non-hydrogen) atoms. The van der Waals surface area contributed by atoms with Crippen molar-refractivity contribution in [2.45, 2.75) is 65.0 Å². The number of hydrogen-bond acceptors (Lipinski definition) is 2. The summed E-state index contributed by atoms with van der Waals surface area (Å²) in [7, 11) is 0. The van der Waals surface area contributed by atoms with Gasteiger partial charge in [-0.25, -0.2) is 0 Å². The van der Waals surface area contributed by atoms with Gasteiger partial charge in [0, 0.05) is 19.1 Å².